The molecule has 0 aliphatic carbocycles. The second-order valence-corrected chi connectivity index (χ2v) is 6.11. The summed E-state index contributed by atoms with van der Waals surface area (Å²) >= 11 is 13.7. The first kappa shape index (κ1) is 13.2. The Hall–Kier alpha value is -0.280. The molecule has 0 amide bonds. The van der Waals surface area contributed by atoms with Crippen molar-refractivity contribution in [3.05, 3.63) is 35.2 Å². The minimum absolute atomic E-state index is 0.112. The van der Waals surface area contributed by atoms with Crippen molar-refractivity contribution < 1.29 is 0 Å². The number of thiophene rings is 1. The van der Waals surface area contributed by atoms with Gasteiger partial charge < -0.3 is 5.32 Å². The number of alkyl halides is 2. The van der Waals surface area contributed by atoms with Crippen LogP contribution in [0.4, 0.5) is 0 Å². The summed E-state index contributed by atoms with van der Waals surface area (Å²) in [5.41, 5.74) is 1.28. The molecule has 1 aromatic heterocycles. The number of hydrogen-bond acceptors (Lipinski definition) is 2. The van der Waals surface area contributed by atoms with Crippen molar-refractivity contribution in [2.24, 2.45) is 0 Å². The molecule has 92 valence electrons. The molecule has 1 atom stereocenters. The zero-order chi connectivity index (χ0) is 12.3. The number of fused-ring (bicyclic) bond motifs is 1. The minimum atomic E-state index is -0.381. The predicted octanol–water partition coefficient (Wildman–Crippen LogP) is 4.23. The van der Waals surface area contributed by atoms with E-state index in [9.17, 15) is 0 Å². The molecule has 1 unspecified atom stereocenters. The topological polar surface area (TPSA) is 12.0 Å². The van der Waals surface area contributed by atoms with Gasteiger partial charge in [-0.15, -0.1) is 34.5 Å². The fourth-order valence-corrected chi connectivity index (χ4v) is 3.10. The molecule has 2 aromatic rings. The summed E-state index contributed by atoms with van der Waals surface area (Å²) in [7, 11) is 0. The van der Waals surface area contributed by atoms with Gasteiger partial charge in [0.15, 0.2) is 0 Å². The van der Waals surface area contributed by atoms with Crippen LogP contribution in [0.1, 0.15) is 12.5 Å². The molecule has 0 saturated carbocycles. The SMILES string of the molecule is CCNC(Cc1ccc2ccsc2c1)C(Cl)Cl. The Morgan fingerprint density at radius 3 is 2.82 bits per heavy atom. The molecule has 0 aliphatic rings. The fraction of sp³-hybridized carbons (Fsp3) is 0.385. The largest absolute Gasteiger partial charge is 0.311 e. The number of likely N-dealkylation sites (N-methyl/N-ethyl adjacent to an activating group) is 1. The monoisotopic (exact) mass is 287 g/mol. The summed E-state index contributed by atoms with van der Waals surface area (Å²) < 4.78 is 1.32. The average molecular weight is 288 g/mol. The van der Waals surface area contributed by atoms with E-state index in [4.69, 9.17) is 23.2 Å². The Labute approximate surface area is 116 Å². The quantitative estimate of drug-likeness (QED) is 0.812. The van der Waals surface area contributed by atoms with Crippen LogP contribution < -0.4 is 5.32 Å². The smallest absolute Gasteiger partial charge is 0.123 e. The molecular weight excluding hydrogens is 273 g/mol. The molecule has 0 aliphatic heterocycles. The van der Waals surface area contributed by atoms with Crippen LogP contribution in [-0.2, 0) is 6.42 Å². The lowest BCUT2D eigenvalue weighted by molar-refractivity contribution is 0.552. The molecule has 1 N–H and O–H groups in total. The van der Waals surface area contributed by atoms with Crippen LogP contribution in [0.15, 0.2) is 29.6 Å². The van der Waals surface area contributed by atoms with Gasteiger partial charge in [0.1, 0.15) is 4.84 Å². The van der Waals surface area contributed by atoms with E-state index in [1.54, 1.807) is 11.3 Å². The third-order valence-corrected chi connectivity index (χ3v) is 4.23. The maximum atomic E-state index is 5.98. The van der Waals surface area contributed by atoms with Crippen molar-refractivity contribution in [2.75, 3.05) is 6.54 Å². The Balaban J connectivity index is 2.15. The van der Waals surface area contributed by atoms with Gasteiger partial charge in [-0.25, -0.2) is 0 Å². The third kappa shape index (κ3) is 3.35. The van der Waals surface area contributed by atoms with Crippen LogP contribution in [0.3, 0.4) is 0 Å². The molecule has 0 saturated heterocycles. The van der Waals surface area contributed by atoms with Gasteiger partial charge in [0, 0.05) is 10.7 Å². The second-order valence-electron chi connectivity index (χ2n) is 4.00. The molecule has 4 heteroatoms. The zero-order valence-corrected chi connectivity index (χ0v) is 11.9. The molecule has 1 aromatic carbocycles. The highest BCUT2D eigenvalue weighted by Gasteiger charge is 2.16. The summed E-state index contributed by atoms with van der Waals surface area (Å²) in [6, 6.07) is 8.77. The van der Waals surface area contributed by atoms with E-state index in [2.05, 4.69) is 41.9 Å². The van der Waals surface area contributed by atoms with Gasteiger partial charge in [0.25, 0.3) is 0 Å². The van der Waals surface area contributed by atoms with E-state index in [1.165, 1.54) is 15.6 Å². The van der Waals surface area contributed by atoms with Crippen LogP contribution in [0.2, 0.25) is 0 Å². The Kier molecular flexibility index (Phi) is 4.69. The standard InChI is InChI=1S/C13H15Cl2NS/c1-2-16-11(13(14)15)7-9-3-4-10-5-6-17-12(10)8-9/h3-6,8,11,13,16H,2,7H2,1H3. The average Bonchev–Trinajstić information content (AvgIpc) is 2.75. The van der Waals surface area contributed by atoms with Gasteiger partial charge in [0.2, 0.25) is 0 Å². The van der Waals surface area contributed by atoms with Gasteiger partial charge in [-0.1, -0.05) is 19.1 Å². The molecule has 17 heavy (non-hydrogen) atoms. The summed E-state index contributed by atoms with van der Waals surface area (Å²) in [6.07, 6.45) is 0.860. The van der Waals surface area contributed by atoms with E-state index < -0.39 is 0 Å². The highest BCUT2D eigenvalue weighted by Crippen LogP contribution is 2.23. The van der Waals surface area contributed by atoms with E-state index in [0.717, 1.165) is 13.0 Å². The highest BCUT2D eigenvalue weighted by molar-refractivity contribution is 7.17. The third-order valence-electron chi connectivity index (χ3n) is 2.75. The van der Waals surface area contributed by atoms with Crippen LogP contribution in [-0.4, -0.2) is 17.4 Å². The first-order valence-corrected chi connectivity index (χ1v) is 7.43. The van der Waals surface area contributed by atoms with E-state index >= 15 is 0 Å². The van der Waals surface area contributed by atoms with E-state index in [1.807, 2.05) is 0 Å². The lowest BCUT2D eigenvalue weighted by Crippen LogP contribution is -2.36. The van der Waals surface area contributed by atoms with Crippen molar-refractivity contribution in [2.45, 2.75) is 24.2 Å². The van der Waals surface area contributed by atoms with Crippen LogP contribution in [0.25, 0.3) is 10.1 Å². The second kappa shape index (κ2) is 6.05. The number of hydrogen-bond donors (Lipinski definition) is 1. The molecule has 0 spiro atoms. The lowest BCUT2D eigenvalue weighted by Gasteiger charge is -2.18. The summed E-state index contributed by atoms with van der Waals surface area (Å²) in [5.74, 6) is 0. The van der Waals surface area contributed by atoms with Crippen molar-refractivity contribution >= 4 is 44.6 Å². The van der Waals surface area contributed by atoms with Crippen LogP contribution in [0, 0.1) is 0 Å². The lowest BCUT2D eigenvalue weighted by atomic mass is 10.1. The number of rotatable bonds is 5. The summed E-state index contributed by atoms with van der Waals surface area (Å²) in [6.45, 7) is 2.94. The Morgan fingerprint density at radius 1 is 1.29 bits per heavy atom. The van der Waals surface area contributed by atoms with Gasteiger partial charge in [0.05, 0.1) is 0 Å². The van der Waals surface area contributed by atoms with E-state index in [0.29, 0.717) is 0 Å². The first-order chi connectivity index (χ1) is 8.20. The molecule has 1 heterocycles. The first-order valence-electron chi connectivity index (χ1n) is 5.68. The van der Waals surface area contributed by atoms with Crippen molar-refractivity contribution in [3.8, 4) is 0 Å². The molecule has 0 radical (unpaired) electrons. The van der Waals surface area contributed by atoms with Gasteiger partial charge in [-0.05, 0) is 41.4 Å². The highest BCUT2D eigenvalue weighted by atomic mass is 35.5. The summed E-state index contributed by atoms with van der Waals surface area (Å²) in [4.78, 5) is -0.381. The number of nitrogens with one attached hydrogen (secondary N) is 1. The normalized spacial score (nSPS) is 13.4. The van der Waals surface area contributed by atoms with Crippen molar-refractivity contribution in [1.29, 1.82) is 0 Å². The molecule has 1 nitrogen and oxygen atoms in total. The maximum absolute atomic E-state index is 5.98. The number of benzene rings is 1. The van der Waals surface area contributed by atoms with Crippen LogP contribution >= 0.6 is 34.5 Å². The molecule has 2 rings (SSSR count). The van der Waals surface area contributed by atoms with Gasteiger partial charge in [-0.3, -0.25) is 0 Å². The van der Waals surface area contributed by atoms with Gasteiger partial charge in [-0.2, -0.15) is 0 Å². The zero-order valence-electron chi connectivity index (χ0n) is 9.62. The molecular formula is C13H15Cl2NS. The molecule has 0 bridgehead atoms. The summed E-state index contributed by atoms with van der Waals surface area (Å²) in [5, 5.41) is 6.72. The Morgan fingerprint density at radius 2 is 2.12 bits per heavy atom. The van der Waals surface area contributed by atoms with Gasteiger partial charge >= 0.3 is 0 Å². The van der Waals surface area contributed by atoms with E-state index in [-0.39, 0.29) is 10.9 Å². The van der Waals surface area contributed by atoms with Crippen molar-refractivity contribution in [3.63, 3.8) is 0 Å². The maximum Gasteiger partial charge on any atom is 0.123 e. The number of halogens is 2. The molecule has 0 fully saturated rings. The van der Waals surface area contributed by atoms with Crippen molar-refractivity contribution in [1.82, 2.24) is 5.32 Å². The van der Waals surface area contributed by atoms with Crippen LogP contribution in [0.5, 0.6) is 0 Å². The fourth-order valence-electron chi connectivity index (χ4n) is 1.89. The Bertz CT molecular complexity index is 481. The minimum Gasteiger partial charge on any atom is -0.311 e. The predicted molar refractivity (Wildman–Crippen MR) is 78.5 cm³/mol.